The largest absolute Gasteiger partial charge is 0.372 e. The lowest BCUT2D eigenvalue weighted by molar-refractivity contribution is 0.601. The van der Waals surface area contributed by atoms with E-state index in [-0.39, 0.29) is 16.5 Å². The highest BCUT2D eigenvalue weighted by atomic mass is 32.2. The van der Waals surface area contributed by atoms with Crippen LogP contribution >= 0.6 is 0 Å². The molecule has 0 aliphatic rings. The van der Waals surface area contributed by atoms with Gasteiger partial charge in [0.1, 0.15) is 10.7 Å². The molecule has 0 spiro atoms. The number of anilines is 2. The van der Waals surface area contributed by atoms with Crippen molar-refractivity contribution in [2.45, 2.75) is 4.90 Å². The molecule has 8 nitrogen and oxygen atoms in total. The predicted octanol–water partition coefficient (Wildman–Crippen LogP) is 0.00740. The van der Waals surface area contributed by atoms with E-state index in [9.17, 15) is 13.2 Å². The van der Waals surface area contributed by atoms with Crippen LogP contribution < -0.4 is 15.6 Å². The summed E-state index contributed by atoms with van der Waals surface area (Å²) in [5, 5.41) is 8.40. The summed E-state index contributed by atoms with van der Waals surface area (Å²) >= 11 is 0. The standard InChI is InChI=1S/C10H11N5O3S/c1-11-10-7(3-2-6-12-10)19(17,18)15-8-4-5-9(16)14-13-8/h2-6H,1H3,(H,11,12)(H,13,15)(H,14,16). The minimum Gasteiger partial charge on any atom is -0.372 e. The van der Waals surface area contributed by atoms with Gasteiger partial charge < -0.3 is 5.32 Å². The Morgan fingerprint density at radius 2 is 2.05 bits per heavy atom. The number of nitrogens with zero attached hydrogens (tertiary/aromatic N) is 2. The molecule has 2 heterocycles. The van der Waals surface area contributed by atoms with Crippen LogP contribution in [0.25, 0.3) is 0 Å². The molecule has 0 aliphatic heterocycles. The summed E-state index contributed by atoms with van der Waals surface area (Å²) in [4.78, 5) is 14.7. The predicted molar refractivity (Wildman–Crippen MR) is 69.4 cm³/mol. The van der Waals surface area contributed by atoms with Crippen LogP contribution in [-0.2, 0) is 10.0 Å². The molecule has 0 saturated heterocycles. The van der Waals surface area contributed by atoms with Gasteiger partial charge in [-0.25, -0.2) is 18.5 Å². The molecule has 2 aromatic heterocycles. The Morgan fingerprint density at radius 3 is 2.68 bits per heavy atom. The minimum absolute atomic E-state index is 0.00880. The van der Waals surface area contributed by atoms with Crippen molar-refractivity contribution in [1.29, 1.82) is 0 Å². The van der Waals surface area contributed by atoms with Gasteiger partial charge in [-0.3, -0.25) is 9.52 Å². The molecule has 2 rings (SSSR count). The second-order valence-corrected chi connectivity index (χ2v) is 5.16. The van der Waals surface area contributed by atoms with Crippen molar-refractivity contribution in [2.75, 3.05) is 17.1 Å². The number of aromatic amines is 1. The Morgan fingerprint density at radius 1 is 1.26 bits per heavy atom. The van der Waals surface area contributed by atoms with Crippen molar-refractivity contribution in [2.24, 2.45) is 0 Å². The van der Waals surface area contributed by atoms with Crippen molar-refractivity contribution in [1.82, 2.24) is 15.2 Å². The van der Waals surface area contributed by atoms with Gasteiger partial charge in [-0.1, -0.05) is 0 Å². The third kappa shape index (κ3) is 2.88. The molecular weight excluding hydrogens is 270 g/mol. The molecule has 0 unspecified atom stereocenters. The Bertz CT molecular complexity index is 720. The molecule has 0 fully saturated rings. The summed E-state index contributed by atoms with van der Waals surface area (Å²) in [7, 11) is -2.26. The fourth-order valence-electron chi connectivity index (χ4n) is 1.39. The van der Waals surface area contributed by atoms with Crippen molar-refractivity contribution >= 4 is 21.7 Å². The second kappa shape index (κ2) is 5.06. The first-order valence-corrected chi connectivity index (χ1v) is 6.72. The van der Waals surface area contributed by atoms with Crippen molar-refractivity contribution in [3.63, 3.8) is 0 Å². The van der Waals surface area contributed by atoms with Crippen molar-refractivity contribution in [3.8, 4) is 0 Å². The van der Waals surface area contributed by atoms with Crippen LogP contribution in [0.4, 0.5) is 11.6 Å². The van der Waals surface area contributed by atoms with E-state index in [1.54, 1.807) is 7.05 Å². The summed E-state index contributed by atoms with van der Waals surface area (Å²) < 4.78 is 26.5. The molecule has 0 saturated carbocycles. The number of sulfonamides is 1. The van der Waals surface area contributed by atoms with Gasteiger partial charge in [0.2, 0.25) is 0 Å². The number of H-pyrrole nitrogens is 1. The monoisotopic (exact) mass is 281 g/mol. The molecule has 3 N–H and O–H groups in total. The molecule has 0 atom stereocenters. The van der Waals surface area contributed by atoms with E-state index in [2.05, 4.69) is 25.2 Å². The Hall–Kier alpha value is -2.42. The third-order valence-corrected chi connectivity index (χ3v) is 3.60. The van der Waals surface area contributed by atoms with Crippen LogP contribution in [0.1, 0.15) is 0 Å². The number of hydrogen-bond donors (Lipinski definition) is 3. The Labute approximate surface area is 109 Å². The van der Waals surface area contributed by atoms with Gasteiger partial charge in [0.15, 0.2) is 5.82 Å². The van der Waals surface area contributed by atoms with E-state index in [1.165, 1.54) is 30.5 Å². The fraction of sp³-hybridized carbons (Fsp3) is 0.100. The van der Waals surface area contributed by atoms with E-state index < -0.39 is 15.6 Å². The molecule has 9 heteroatoms. The van der Waals surface area contributed by atoms with Gasteiger partial charge in [-0.15, -0.1) is 0 Å². The van der Waals surface area contributed by atoms with E-state index in [1.807, 2.05) is 0 Å². The zero-order valence-electron chi connectivity index (χ0n) is 9.91. The van der Waals surface area contributed by atoms with E-state index in [0.29, 0.717) is 0 Å². The normalized spacial score (nSPS) is 11.0. The smallest absolute Gasteiger partial charge is 0.266 e. The zero-order chi connectivity index (χ0) is 13.9. The summed E-state index contributed by atoms with van der Waals surface area (Å²) in [6, 6.07) is 5.36. The molecule has 100 valence electrons. The highest BCUT2D eigenvalue weighted by molar-refractivity contribution is 7.92. The van der Waals surface area contributed by atoms with Gasteiger partial charge in [0.25, 0.3) is 15.6 Å². The molecule has 19 heavy (non-hydrogen) atoms. The first-order valence-electron chi connectivity index (χ1n) is 5.24. The van der Waals surface area contributed by atoms with Gasteiger partial charge >= 0.3 is 0 Å². The topological polar surface area (TPSA) is 117 Å². The second-order valence-electron chi connectivity index (χ2n) is 3.51. The number of aromatic nitrogens is 3. The van der Waals surface area contributed by atoms with Gasteiger partial charge in [-0.05, 0) is 18.2 Å². The van der Waals surface area contributed by atoms with Crippen LogP contribution in [0.2, 0.25) is 0 Å². The van der Waals surface area contributed by atoms with Gasteiger partial charge in [0.05, 0.1) is 0 Å². The van der Waals surface area contributed by atoms with Crippen LogP contribution in [0, 0.1) is 0 Å². The lowest BCUT2D eigenvalue weighted by atomic mass is 10.5. The zero-order valence-corrected chi connectivity index (χ0v) is 10.7. The minimum atomic E-state index is -3.83. The SMILES string of the molecule is CNc1ncccc1S(=O)(=O)Nc1ccc(=O)[nH]n1. The fourth-order valence-corrected chi connectivity index (χ4v) is 2.56. The molecular formula is C10H11N5O3S. The number of hydrogen-bond acceptors (Lipinski definition) is 6. The van der Waals surface area contributed by atoms with E-state index in [4.69, 9.17) is 0 Å². The first-order chi connectivity index (χ1) is 9.03. The molecule has 0 aromatic carbocycles. The average Bonchev–Trinajstić information content (AvgIpc) is 2.41. The van der Waals surface area contributed by atoms with Crippen molar-refractivity contribution in [3.05, 3.63) is 40.8 Å². The number of nitrogens with one attached hydrogen (secondary N) is 3. The van der Waals surface area contributed by atoms with Crippen LogP contribution in [0.15, 0.2) is 40.2 Å². The lowest BCUT2D eigenvalue weighted by Gasteiger charge is -2.09. The summed E-state index contributed by atoms with van der Waals surface area (Å²) in [6.07, 6.45) is 1.48. The number of pyridine rings is 1. The van der Waals surface area contributed by atoms with Gasteiger partial charge in [-0.2, -0.15) is 5.10 Å². The highest BCUT2D eigenvalue weighted by Crippen LogP contribution is 2.19. The quantitative estimate of drug-likeness (QED) is 0.726. The maximum atomic E-state index is 12.1. The number of rotatable bonds is 4. The molecule has 0 amide bonds. The molecule has 0 radical (unpaired) electrons. The highest BCUT2D eigenvalue weighted by Gasteiger charge is 2.19. The summed E-state index contributed by atoms with van der Waals surface area (Å²) in [5.41, 5.74) is -0.416. The summed E-state index contributed by atoms with van der Waals surface area (Å²) in [5.74, 6) is 0.241. The van der Waals surface area contributed by atoms with Crippen molar-refractivity contribution < 1.29 is 8.42 Å². The maximum absolute atomic E-state index is 12.1. The maximum Gasteiger partial charge on any atom is 0.266 e. The van der Waals surface area contributed by atoms with Gasteiger partial charge in [0, 0.05) is 19.3 Å². The van der Waals surface area contributed by atoms with Crippen LogP contribution in [0.5, 0.6) is 0 Å². The lowest BCUT2D eigenvalue weighted by Crippen LogP contribution is -2.18. The Balaban J connectivity index is 2.37. The summed E-state index contributed by atoms with van der Waals surface area (Å²) in [6.45, 7) is 0. The van der Waals surface area contributed by atoms with Crippen LogP contribution in [-0.4, -0.2) is 30.6 Å². The molecule has 2 aromatic rings. The van der Waals surface area contributed by atoms with E-state index >= 15 is 0 Å². The van der Waals surface area contributed by atoms with E-state index in [0.717, 1.165) is 0 Å². The molecule has 0 aliphatic carbocycles. The third-order valence-electron chi connectivity index (χ3n) is 2.22. The average molecular weight is 281 g/mol. The Kier molecular flexibility index (Phi) is 3.47. The molecule has 0 bridgehead atoms. The van der Waals surface area contributed by atoms with Crippen LogP contribution in [0.3, 0.4) is 0 Å². The first kappa shape index (κ1) is 13.0.